The first-order valence-electron chi connectivity index (χ1n) is 7.03. The summed E-state index contributed by atoms with van der Waals surface area (Å²) in [6, 6.07) is 6.86. The minimum Gasteiger partial charge on any atom is -0.492 e. The Balaban J connectivity index is 1.93. The number of para-hydroxylation sites is 1. The van der Waals surface area contributed by atoms with E-state index >= 15 is 0 Å². The highest BCUT2D eigenvalue weighted by molar-refractivity contribution is 7.92. The van der Waals surface area contributed by atoms with Gasteiger partial charge in [-0.25, -0.2) is 8.42 Å². The van der Waals surface area contributed by atoms with E-state index in [1.165, 1.54) is 6.92 Å². The molecule has 5 nitrogen and oxygen atoms in total. The van der Waals surface area contributed by atoms with Crippen molar-refractivity contribution >= 4 is 15.6 Å². The molecule has 0 atom stereocenters. The number of Topliss-reactive ketones (excluding diaryl/α,β-unsaturated/α-hetero) is 1. The summed E-state index contributed by atoms with van der Waals surface area (Å²) < 4.78 is 35.1. The molecule has 0 bridgehead atoms. The number of ketones is 1. The van der Waals surface area contributed by atoms with Gasteiger partial charge in [0.1, 0.15) is 12.4 Å². The van der Waals surface area contributed by atoms with Crippen molar-refractivity contribution in [2.24, 2.45) is 0 Å². The largest absolute Gasteiger partial charge is 0.492 e. The molecule has 0 unspecified atom stereocenters. The van der Waals surface area contributed by atoms with E-state index in [2.05, 4.69) is 0 Å². The monoisotopic (exact) mass is 312 g/mol. The molecule has 1 aromatic carbocycles. The molecule has 0 N–H and O–H groups in total. The van der Waals surface area contributed by atoms with Gasteiger partial charge in [0.25, 0.3) is 0 Å². The van der Waals surface area contributed by atoms with Crippen LogP contribution >= 0.6 is 0 Å². The molecule has 21 heavy (non-hydrogen) atoms. The quantitative estimate of drug-likeness (QED) is 0.750. The third-order valence-electron chi connectivity index (χ3n) is 3.57. The molecule has 1 fully saturated rings. The van der Waals surface area contributed by atoms with E-state index in [9.17, 15) is 13.2 Å². The maximum absolute atomic E-state index is 12.2. The third kappa shape index (κ3) is 4.28. The number of carbonyl (C=O) groups excluding carboxylic acids is 1. The van der Waals surface area contributed by atoms with Gasteiger partial charge in [-0.15, -0.1) is 0 Å². The van der Waals surface area contributed by atoms with Crippen molar-refractivity contribution in [1.82, 2.24) is 0 Å². The van der Waals surface area contributed by atoms with Crippen LogP contribution < -0.4 is 4.74 Å². The Labute approximate surface area is 125 Å². The number of benzene rings is 1. The molecular weight excluding hydrogens is 292 g/mol. The third-order valence-corrected chi connectivity index (χ3v) is 5.79. The normalized spacial score (nSPS) is 16.6. The Morgan fingerprint density at radius 3 is 2.62 bits per heavy atom. The standard InChI is InChI=1S/C15H20O5S/c1-12(16)14-4-2-3-5-15(14)20-10-11-21(17,18)13-6-8-19-9-7-13/h2-5,13H,6-11H2,1H3. The molecule has 0 aromatic heterocycles. The Morgan fingerprint density at radius 2 is 1.95 bits per heavy atom. The second kappa shape index (κ2) is 7.04. The Kier molecular flexibility index (Phi) is 5.36. The molecule has 0 radical (unpaired) electrons. The van der Waals surface area contributed by atoms with Crippen molar-refractivity contribution in [3.63, 3.8) is 0 Å². The lowest BCUT2D eigenvalue weighted by Gasteiger charge is -2.22. The second-order valence-electron chi connectivity index (χ2n) is 5.08. The van der Waals surface area contributed by atoms with Gasteiger partial charge in [-0.1, -0.05) is 12.1 Å². The zero-order valence-corrected chi connectivity index (χ0v) is 12.9. The Bertz CT molecular complexity index is 588. The fraction of sp³-hybridized carbons (Fsp3) is 0.533. The fourth-order valence-electron chi connectivity index (χ4n) is 2.35. The summed E-state index contributed by atoms with van der Waals surface area (Å²) in [5.41, 5.74) is 0.473. The van der Waals surface area contributed by atoms with E-state index in [1.54, 1.807) is 24.3 Å². The van der Waals surface area contributed by atoms with E-state index in [0.29, 0.717) is 37.4 Å². The lowest BCUT2D eigenvalue weighted by molar-refractivity contribution is 0.0982. The molecule has 1 aromatic rings. The first-order chi connectivity index (χ1) is 10.0. The van der Waals surface area contributed by atoms with Crippen molar-refractivity contribution in [3.8, 4) is 5.75 Å². The highest BCUT2D eigenvalue weighted by Gasteiger charge is 2.27. The first kappa shape index (κ1) is 16.0. The van der Waals surface area contributed by atoms with E-state index < -0.39 is 9.84 Å². The van der Waals surface area contributed by atoms with Crippen LogP contribution in [-0.4, -0.2) is 45.0 Å². The lowest BCUT2D eigenvalue weighted by atomic mass is 10.1. The van der Waals surface area contributed by atoms with Gasteiger partial charge in [-0.05, 0) is 31.9 Å². The van der Waals surface area contributed by atoms with E-state index in [1.807, 2.05) is 0 Å². The number of hydrogen-bond acceptors (Lipinski definition) is 5. The van der Waals surface area contributed by atoms with Crippen molar-refractivity contribution in [1.29, 1.82) is 0 Å². The van der Waals surface area contributed by atoms with Gasteiger partial charge in [0.15, 0.2) is 15.6 Å². The van der Waals surface area contributed by atoms with Gasteiger partial charge in [-0.2, -0.15) is 0 Å². The summed E-state index contributed by atoms with van der Waals surface area (Å²) in [4.78, 5) is 11.5. The minimum absolute atomic E-state index is 0.0378. The highest BCUT2D eigenvalue weighted by Crippen LogP contribution is 2.20. The molecule has 116 valence electrons. The minimum atomic E-state index is -3.18. The molecule has 6 heteroatoms. The topological polar surface area (TPSA) is 69.7 Å². The molecule has 0 aliphatic carbocycles. The van der Waals surface area contributed by atoms with Gasteiger partial charge in [0.2, 0.25) is 0 Å². The smallest absolute Gasteiger partial charge is 0.163 e. The lowest BCUT2D eigenvalue weighted by Crippen LogP contribution is -2.32. The van der Waals surface area contributed by atoms with Crippen LogP contribution in [0.15, 0.2) is 24.3 Å². The number of sulfone groups is 1. The second-order valence-corrected chi connectivity index (χ2v) is 7.48. The summed E-state index contributed by atoms with van der Waals surface area (Å²) in [5.74, 6) is 0.300. The molecule has 0 saturated carbocycles. The van der Waals surface area contributed by atoms with Crippen LogP contribution in [0.2, 0.25) is 0 Å². The summed E-state index contributed by atoms with van der Waals surface area (Å²) in [6.45, 7) is 2.51. The fourth-order valence-corrected chi connectivity index (χ4v) is 3.91. The average Bonchev–Trinajstić information content (AvgIpc) is 2.48. The van der Waals surface area contributed by atoms with Gasteiger partial charge >= 0.3 is 0 Å². The maximum atomic E-state index is 12.2. The molecule has 0 amide bonds. The van der Waals surface area contributed by atoms with Crippen LogP contribution in [0.1, 0.15) is 30.1 Å². The molecule has 2 rings (SSSR count). The molecular formula is C15H20O5S. The molecule has 0 spiro atoms. The van der Waals surface area contributed by atoms with Crippen LogP contribution in [0.3, 0.4) is 0 Å². The van der Waals surface area contributed by atoms with E-state index in [-0.39, 0.29) is 23.4 Å². The van der Waals surface area contributed by atoms with Gasteiger partial charge < -0.3 is 9.47 Å². The maximum Gasteiger partial charge on any atom is 0.163 e. The molecule has 1 aliphatic heterocycles. The van der Waals surface area contributed by atoms with Crippen molar-refractivity contribution in [2.75, 3.05) is 25.6 Å². The zero-order valence-electron chi connectivity index (χ0n) is 12.1. The van der Waals surface area contributed by atoms with Gasteiger partial charge in [-0.3, -0.25) is 4.79 Å². The van der Waals surface area contributed by atoms with Crippen LogP contribution in [0, 0.1) is 0 Å². The van der Waals surface area contributed by atoms with Gasteiger partial charge in [0.05, 0.1) is 16.6 Å². The number of ether oxygens (including phenoxy) is 2. The zero-order chi connectivity index (χ0) is 15.3. The highest BCUT2D eigenvalue weighted by atomic mass is 32.2. The van der Waals surface area contributed by atoms with Crippen molar-refractivity contribution < 1.29 is 22.7 Å². The molecule has 1 aliphatic rings. The van der Waals surface area contributed by atoms with Gasteiger partial charge in [0, 0.05) is 13.2 Å². The Hall–Kier alpha value is -1.40. The van der Waals surface area contributed by atoms with E-state index in [0.717, 1.165) is 0 Å². The van der Waals surface area contributed by atoms with Crippen molar-refractivity contribution in [3.05, 3.63) is 29.8 Å². The predicted octanol–water partition coefficient (Wildman–Crippen LogP) is 1.86. The van der Waals surface area contributed by atoms with Crippen LogP contribution in [0.4, 0.5) is 0 Å². The summed E-state index contributed by atoms with van der Waals surface area (Å²) in [7, 11) is -3.18. The number of hydrogen-bond donors (Lipinski definition) is 0. The predicted molar refractivity (Wildman–Crippen MR) is 79.6 cm³/mol. The average molecular weight is 312 g/mol. The summed E-state index contributed by atoms with van der Waals surface area (Å²) in [6.07, 6.45) is 1.10. The van der Waals surface area contributed by atoms with Crippen molar-refractivity contribution in [2.45, 2.75) is 25.0 Å². The molecule has 1 saturated heterocycles. The van der Waals surface area contributed by atoms with Crippen LogP contribution in [-0.2, 0) is 14.6 Å². The summed E-state index contributed by atoms with van der Waals surface area (Å²) >= 11 is 0. The number of rotatable bonds is 6. The molecule has 1 heterocycles. The Morgan fingerprint density at radius 1 is 1.29 bits per heavy atom. The van der Waals surface area contributed by atoms with Crippen LogP contribution in [0.5, 0.6) is 5.75 Å². The summed E-state index contributed by atoms with van der Waals surface area (Å²) in [5, 5.41) is -0.335. The van der Waals surface area contributed by atoms with Crippen LogP contribution in [0.25, 0.3) is 0 Å². The SMILES string of the molecule is CC(=O)c1ccccc1OCCS(=O)(=O)C1CCOCC1. The number of carbonyl (C=O) groups is 1. The van der Waals surface area contributed by atoms with E-state index in [4.69, 9.17) is 9.47 Å². The first-order valence-corrected chi connectivity index (χ1v) is 8.74.